The van der Waals surface area contributed by atoms with Crippen molar-refractivity contribution < 1.29 is 9.90 Å². The average Bonchev–Trinajstić information content (AvgIpc) is 2.84. The molecule has 0 bridgehead atoms. The molecule has 0 amide bonds. The Morgan fingerprint density at radius 3 is 3.12 bits per heavy atom. The lowest BCUT2D eigenvalue weighted by atomic mass is 9.98. The number of carbonyl (C=O) groups is 1. The van der Waals surface area contributed by atoms with Gasteiger partial charge >= 0.3 is 5.97 Å². The van der Waals surface area contributed by atoms with E-state index in [1.54, 1.807) is 0 Å². The van der Waals surface area contributed by atoms with Gasteiger partial charge in [-0.1, -0.05) is 19.8 Å². The van der Waals surface area contributed by atoms with Crippen LogP contribution in [0, 0.1) is 11.8 Å². The third kappa shape index (κ3) is 3.43. The summed E-state index contributed by atoms with van der Waals surface area (Å²) in [5, 5.41) is 14.6. The molecule has 2 unspecified atom stereocenters. The summed E-state index contributed by atoms with van der Waals surface area (Å²) in [6, 6.07) is 0. The van der Waals surface area contributed by atoms with Crippen molar-refractivity contribution in [3.05, 3.63) is 11.1 Å². The Morgan fingerprint density at radius 1 is 1.65 bits per heavy atom. The Kier molecular flexibility index (Phi) is 3.99. The number of aliphatic carboxylic acids is 1. The summed E-state index contributed by atoms with van der Waals surface area (Å²) < 4.78 is 0. The summed E-state index contributed by atoms with van der Waals surface area (Å²) in [6.07, 6.45) is 3.96. The Balaban J connectivity index is 1.82. The number of thiazole rings is 1. The van der Waals surface area contributed by atoms with Gasteiger partial charge in [-0.25, -0.2) is 4.98 Å². The largest absolute Gasteiger partial charge is 0.481 e. The zero-order chi connectivity index (χ0) is 12.3. The zero-order valence-electron chi connectivity index (χ0n) is 9.98. The van der Waals surface area contributed by atoms with Crippen molar-refractivity contribution >= 4 is 22.4 Å². The van der Waals surface area contributed by atoms with E-state index in [0.717, 1.165) is 23.5 Å². The summed E-state index contributed by atoms with van der Waals surface area (Å²) in [4.78, 5) is 14.8. The van der Waals surface area contributed by atoms with E-state index < -0.39 is 5.97 Å². The first-order chi connectivity index (χ1) is 8.15. The normalized spacial score (nSPS) is 23.8. The number of hydrogen-bond donors (Lipinski definition) is 2. The van der Waals surface area contributed by atoms with Gasteiger partial charge in [0.15, 0.2) is 5.13 Å². The van der Waals surface area contributed by atoms with Crippen molar-refractivity contribution in [2.75, 3.05) is 11.9 Å². The van der Waals surface area contributed by atoms with Crippen LogP contribution in [-0.4, -0.2) is 22.6 Å². The third-order valence-corrected chi connectivity index (χ3v) is 4.29. The molecule has 0 aliphatic heterocycles. The number of nitrogens with zero attached hydrogens (tertiary/aromatic N) is 1. The van der Waals surface area contributed by atoms with Crippen LogP contribution in [-0.2, 0) is 11.2 Å². The van der Waals surface area contributed by atoms with Crippen LogP contribution >= 0.6 is 11.3 Å². The van der Waals surface area contributed by atoms with Crippen LogP contribution in [0.1, 0.15) is 31.9 Å². The van der Waals surface area contributed by atoms with Gasteiger partial charge in [0.1, 0.15) is 0 Å². The molecule has 0 spiro atoms. The fraction of sp³-hybridized carbons (Fsp3) is 0.667. The second-order valence-electron chi connectivity index (χ2n) is 4.76. The minimum Gasteiger partial charge on any atom is -0.481 e. The molecule has 1 heterocycles. The first-order valence-corrected chi connectivity index (χ1v) is 6.93. The number of carboxylic acid groups (broad SMARTS) is 1. The molecule has 1 fully saturated rings. The van der Waals surface area contributed by atoms with Crippen LogP contribution in [0.15, 0.2) is 5.38 Å². The number of aromatic nitrogens is 1. The molecule has 0 saturated heterocycles. The fourth-order valence-electron chi connectivity index (χ4n) is 2.37. The molecule has 1 aromatic heterocycles. The summed E-state index contributed by atoms with van der Waals surface area (Å²) in [7, 11) is 0. The van der Waals surface area contributed by atoms with Gasteiger partial charge in [-0.15, -0.1) is 11.3 Å². The summed E-state index contributed by atoms with van der Waals surface area (Å²) in [5.41, 5.74) is 0.643. The van der Waals surface area contributed by atoms with Crippen molar-refractivity contribution in [1.82, 2.24) is 4.98 Å². The number of carboxylic acids is 1. The summed E-state index contributed by atoms with van der Waals surface area (Å²) in [5.74, 6) is 0.703. The Labute approximate surface area is 105 Å². The Hall–Kier alpha value is -1.10. The molecule has 2 N–H and O–H groups in total. The molecule has 94 valence electrons. The van der Waals surface area contributed by atoms with Crippen LogP contribution in [0.4, 0.5) is 5.13 Å². The van der Waals surface area contributed by atoms with E-state index in [4.69, 9.17) is 5.11 Å². The lowest BCUT2D eigenvalue weighted by Gasteiger charge is -2.15. The first kappa shape index (κ1) is 12.4. The molecular weight excluding hydrogens is 236 g/mol. The minimum absolute atomic E-state index is 0.0119. The van der Waals surface area contributed by atoms with Gasteiger partial charge in [0.25, 0.3) is 0 Å². The van der Waals surface area contributed by atoms with Gasteiger partial charge < -0.3 is 10.4 Å². The first-order valence-electron chi connectivity index (χ1n) is 6.05. The SMILES string of the molecule is CC1CCCC1CNc1nc(CC(=O)O)cs1. The highest BCUT2D eigenvalue weighted by molar-refractivity contribution is 7.13. The topological polar surface area (TPSA) is 62.2 Å². The molecule has 4 nitrogen and oxygen atoms in total. The van der Waals surface area contributed by atoms with Crippen molar-refractivity contribution in [1.29, 1.82) is 0 Å². The van der Waals surface area contributed by atoms with Gasteiger partial charge in [-0.2, -0.15) is 0 Å². The maximum Gasteiger partial charge on any atom is 0.309 e. The third-order valence-electron chi connectivity index (χ3n) is 3.44. The lowest BCUT2D eigenvalue weighted by Crippen LogP contribution is -2.16. The van der Waals surface area contributed by atoms with Crippen LogP contribution in [0.5, 0.6) is 0 Å². The standard InChI is InChI=1S/C12H18N2O2S/c1-8-3-2-4-9(8)6-13-12-14-10(7-17-12)5-11(15)16/h7-9H,2-6H2,1H3,(H,13,14)(H,15,16). The van der Waals surface area contributed by atoms with Crippen LogP contribution in [0.3, 0.4) is 0 Å². The number of rotatable bonds is 5. The highest BCUT2D eigenvalue weighted by Gasteiger charge is 2.23. The second kappa shape index (κ2) is 5.49. The smallest absolute Gasteiger partial charge is 0.309 e. The second-order valence-corrected chi connectivity index (χ2v) is 5.62. The van der Waals surface area contributed by atoms with Gasteiger partial charge in [0.2, 0.25) is 0 Å². The molecule has 17 heavy (non-hydrogen) atoms. The quantitative estimate of drug-likeness (QED) is 0.848. The fourth-order valence-corrected chi connectivity index (χ4v) is 3.09. The van der Waals surface area contributed by atoms with Crippen molar-refractivity contribution in [2.24, 2.45) is 11.8 Å². The van der Waals surface area contributed by atoms with Gasteiger partial charge in [-0.05, 0) is 18.3 Å². The van der Waals surface area contributed by atoms with Gasteiger partial charge in [0, 0.05) is 11.9 Å². The molecule has 0 aromatic carbocycles. The number of anilines is 1. The van der Waals surface area contributed by atoms with E-state index in [-0.39, 0.29) is 6.42 Å². The van der Waals surface area contributed by atoms with E-state index in [1.165, 1.54) is 30.6 Å². The Bertz CT molecular complexity index is 392. The maximum atomic E-state index is 10.5. The zero-order valence-corrected chi connectivity index (χ0v) is 10.8. The highest BCUT2D eigenvalue weighted by Crippen LogP contribution is 2.31. The van der Waals surface area contributed by atoms with Crippen molar-refractivity contribution in [3.63, 3.8) is 0 Å². The average molecular weight is 254 g/mol. The minimum atomic E-state index is -0.828. The number of hydrogen-bond acceptors (Lipinski definition) is 4. The van der Waals surface area contributed by atoms with E-state index in [9.17, 15) is 4.79 Å². The molecule has 2 atom stereocenters. The molecular formula is C12H18N2O2S. The monoisotopic (exact) mass is 254 g/mol. The predicted molar refractivity (Wildman–Crippen MR) is 68.4 cm³/mol. The van der Waals surface area contributed by atoms with E-state index in [0.29, 0.717) is 5.69 Å². The Morgan fingerprint density at radius 2 is 2.47 bits per heavy atom. The molecule has 5 heteroatoms. The van der Waals surface area contributed by atoms with Crippen LogP contribution < -0.4 is 5.32 Å². The van der Waals surface area contributed by atoms with Crippen molar-refractivity contribution in [2.45, 2.75) is 32.6 Å². The maximum absolute atomic E-state index is 10.5. The summed E-state index contributed by atoms with van der Waals surface area (Å²) in [6.45, 7) is 3.26. The molecule has 0 radical (unpaired) electrons. The number of nitrogens with one attached hydrogen (secondary N) is 1. The van der Waals surface area contributed by atoms with Crippen LogP contribution in [0.25, 0.3) is 0 Å². The molecule has 1 aromatic rings. The lowest BCUT2D eigenvalue weighted by molar-refractivity contribution is -0.136. The van der Waals surface area contributed by atoms with E-state index in [2.05, 4.69) is 17.2 Å². The molecule has 1 aliphatic carbocycles. The van der Waals surface area contributed by atoms with E-state index in [1.807, 2.05) is 5.38 Å². The molecule has 1 saturated carbocycles. The van der Waals surface area contributed by atoms with Crippen molar-refractivity contribution in [3.8, 4) is 0 Å². The van der Waals surface area contributed by atoms with Crippen LogP contribution in [0.2, 0.25) is 0 Å². The highest BCUT2D eigenvalue weighted by atomic mass is 32.1. The predicted octanol–water partition coefficient (Wildman–Crippen LogP) is 2.62. The van der Waals surface area contributed by atoms with E-state index >= 15 is 0 Å². The molecule has 2 rings (SSSR count). The summed E-state index contributed by atoms with van der Waals surface area (Å²) >= 11 is 1.49. The molecule has 1 aliphatic rings. The van der Waals surface area contributed by atoms with Gasteiger partial charge in [0.05, 0.1) is 12.1 Å². The van der Waals surface area contributed by atoms with Gasteiger partial charge in [-0.3, -0.25) is 4.79 Å².